The van der Waals surface area contributed by atoms with Crippen LogP contribution in [0.2, 0.25) is 0 Å². The number of fused-ring (bicyclic) bond motifs is 1. The van der Waals surface area contributed by atoms with Crippen molar-refractivity contribution in [1.82, 2.24) is 4.98 Å². The fourth-order valence-electron chi connectivity index (χ4n) is 2.44. The molecular weight excluding hydrogens is 209 g/mol. The van der Waals surface area contributed by atoms with Crippen LogP contribution in [0.5, 0.6) is 5.88 Å². The summed E-state index contributed by atoms with van der Waals surface area (Å²) in [4.78, 5) is 4.32. The van der Waals surface area contributed by atoms with Gasteiger partial charge in [0.2, 0.25) is 5.88 Å². The normalized spacial score (nSPS) is 16.5. The summed E-state index contributed by atoms with van der Waals surface area (Å²) in [6.07, 6.45) is 5.08. The summed E-state index contributed by atoms with van der Waals surface area (Å²) < 4.78 is 5.98. The average Bonchev–Trinajstić information content (AvgIpc) is 2.81. The molecule has 0 aliphatic heterocycles. The van der Waals surface area contributed by atoms with Crippen molar-refractivity contribution in [3.63, 3.8) is 0 Å². The van der Waals surface area contributed by atoms with Crippen LogP contribution in [0.1, 0.15) is 25.7 Å². The molecule has 1 aliphatic carbocycles. The van der Waals surface area contributed by atoms with E-state index in [-0.39, 0.29) is 0 Å². The van der Waals surface area contributed by atoms with Crippen LogP contribution in [0.15, 0.2) is 30.3 Å². The minimum atomic E-state index is 0.313. The summed E-state index contributed by atoms with van der Waals surface area (Å²) >= 11 is 0. The van der Waals surface area contributed by atoms with Crippen LogP contribution in [-0.2, 0) is 0 Å². The third-order valence-electron chi connectivity index (χ3n) is 3.31. The first-order chi connectivity index (χ1) is 8.33. The number of benzene rings is 1. The Morgan fingerprint density at radius 2 is 1.94 bits per heavy atom. The number of nitrogens with zero attached hydrogens (tertiary/aromatic N) is 1. The summed E-state index contributed by atoms with van der Waals surface area (Å²) in [7, 11) is 5.81. The lowest BCUT2D eigenvalue weighted by molar-refractivity contribution is 0.205. The average molecular weight is 223 g/mol. The lowest BCUT2D eigenvalue weighted by Gasteiger charge is -2.14. The highest BCUT2D eigenvalue weighted by molar-refractivity contribution is 6.31. The molecule has 1 saturated carbocycles. The maximum Gasteiger partial charge on any atom is 0.220 e. The SMILES string of the molecule is [B]c1cc2ccccc2c(OC2CCCC2)n1. The topological polar surface area (TPSA) is 22.1 Å². The standard InChI is InChI=1S/C14H14BNO/c15-13-9-10-5-1-4-8-12(10)14(16-13)17-11-6-2-3-7-11/h1,4-5,8-9,11H,2-3,6-7H2. The molecule has 0 amide bonds. The monoisotopic (exact) mass is 223 g/mol. The van der Waals surface area contributed by atoms with E-state index >= 15 is 0 Å². The van der Waals surface area contributed by atoms with Gasteiger partial charge in [-0.3, -0.25) is 0 Å². The van der Waals surface area contributed by atoms with E-state index in [0.717, 1.165) is 23.6 Å². The van der Waals surface area contributed by atoms with Gasteiger partial charge in [0.1, 0.15) is 14.0 Å². The van der Waals surface area contributed by atoms with Gasteiger partial charge in [-0.05, 0) is 48.8 Å². The van der Waals surface area contributed by atoms with Crippen molar-refractivity contribution in [3.05, 3.63) is 30.3 Å². The highest BCUT2D eigenvalue weighted by Gasteiger charge is 2.18. The Hall–Kier alpha value is -1.51. The van der Waals surface area contributed by atoms with Gasteiger partial charge in [-0.2, -0.15) is 0 Å². The molecule has 2 radical (unpaired) electrons. The Kier molecular flexibility index (Phi) is 2.75. The first-order valence-electron chi connectivity index (χ1n) is 6.15. The number of hydrogen-bond acceptors (Lipinski definition) is 2. The highest BCUT2D eigenvalue weighted by Crippen LogP contribution is 2.27. The maximum absolute atomic E-state index is 5.98. The molecule has 1 fully saturated rings. The number of hydrogen-bond donors (Lipinski definition) is 0. The number of ether oxygens (including phenoxy) is 1. The van der Waals surface area contributed by atoms with Gasteiger partial charge in [-0.1, -0.05) is 18.2 Å². The van der Waals surface area contributed by atoms with Crippen LogP contribution < -0.4 is 10.3 Å². The van der Waals surface area contributed by atoms with E-state index in [2.05, 4.69) is 4.98 Å². The summed E-state index contributed by atoms with van der Waals surface area (Å²) in [5.74, 6) is 0.688. The molecule has 1 heterocycles. The zero-order valence-electron chi connectivity index (χ0n) is 9.73. The van der Waals surface area contributed by atoms with Gasteiger partial charge in [-0.25, -0.2) is 4.98 Å². The predicted octanol–water partition coefficient (Wildman–Crippen LogP) is 2.35. The molecule has 2 aromatic rings. The quantitative estimate of drug-likeness (QED) is 0.729. The third kappa shape index (κ3) is 2.14. The lowest BCUT2D eigenvalue weighted by Crippen LogP contribution is -2.16. The minimum absolute atomic E-state index is 0.313. The maximum atomic E-state index is 5.98. The van der Waals surface area contributed by atoms with Gasteiger partial charge in [0.05, 0.1) is 0 Å². The number of rotatable bonds is 2. The molecule has 3 rings (SSSR count). The largest absolute Gasteiger partial charge is 0.474 e. The summed E-state index contributed by atoms with van der Waals surface area (Å²) in [5.41, 5.74) is 0.525. The Balaban J connectivity index is 2.01. The minimum Gasteiger partial charge on any atom is -0.474 e. The van der Waals surface area contributed by atoms with Gasteiger partial charge < -0.3 is 4.74 Å². The molecule has 0 unspecified atom stereocenters. The molecule has 0 saturated heterocycles. The van der Waals surface area contributed by atoms with Crippen LogP contribution in [0.4, 0.5) is 0 Å². The Morgan fingerprint density at radius 1 is 1.18 bits per heavy atom. The summed E-state index contributed by atoms with van der Waals surface area (Å²) in [6.45, 7) is 0. The van der Waals surface area contributed by atoms with Crippen molar-refractivity contribution in [2.24, 2.45) is 0 Å². The van der Waals surface area contributed by atoms with E-state index in [1.54, 1.807) is 0 Å². The lowest BCUT2D eigenvalue weighted by atomic mass is 10.0. The summed E-state index contributed by atoms with van der Waals surface area (Å²) in [5, 5.41) is 2.14. The Labute approximate surface area is 102 Å². The number of pyridine rings is 1. The molecule has 0 bridgehead atoms. The van der Waals surface area contributed by atoms with E-state index in [0.29, 0.717) is 17.6 Å². The zero-order chi connectivity index (χ0) is 11.7. The fraction of sp³-hybridized carbons (Fsp3) is 0.357. The van der Waals surface area contributed by atoms with Crippen LogP contribution in [0.25, 0.3) is 10.8 Å². The van der Waals surface area contributed by atoms with E-state index < -0.39 is 0 Å². The van der Waals surface area contributed by atoms with Crippen molar-refractivity contribution >= 4 is 24.2 Å². The second-order valence-electron chi connectivity index (χ2n) is 4.60. The predicted molar refractivity (Wildman–Crippen MR) is 70.0 cm³/mol. The van der Waals surface area contributed by atoms with Gasteiger partial charge in [0.25, 0.3) is 0 Å². The number of aromatic nitrogens is 1. The van der Waals surface area contributed by atoms with Crippen molar-refractivity contribution in [2.75, 3.05) is 0 Å². The van der Waals surface area contributed by atoms with Crippen molar-refractivity contribution in [2.45, 2.75) is 31.8 Å². The van der Waals surface area contributed by atoms with Gasteiger partial charge >= 0.3 is 0 Å². The van der Waals surface area contributed by atoms with Gasteiger partial charge in [0.15, 0.2) is 0 Å². The first-order valence-corrected chi connectivity index (χ1v) is 6.15. The smallest absolute Gasteiger partial charge is 0.220 e. The molecular formula is C14H14BNO. The second-order valence-corrected chi connectivity index (χ2v) is 4.60. The molecule has 0 atom stereocenters. The van der Waals surface area contributed by atoms with Crippen LogP contribution in [0, 0.1) is 0 Å². The van der Waals surface area contributed by atoms with E-state index in [1.807, 2.05) is 30.3 Å². The van der Waals surface area contributed by atoms with Crippen LogP contribution in [0.3, 0.4) is 0 Å². The van der Waals surface area contributed by atoms with Gasteiger partial charge in [-0.15, -0.1) is 0 Å². The molecule has 1 aliphatic rings. The molecule has 1 aromatic heterocycles. The van der Waals surface area contributed by atoms with E-state index in [1.165, 1.54) is 12.8 Å². The summed E-state index contributed by atoms with van der Waals surface area (Å²) in [6, 6.07) is 9.96. The van der Waals surface area contributed by atoms with Crippen molar-refractivity contribution < 1.29 is 4.74 Å². The van der Waals surface area contributed by atoms with E-state index in [9.17, 15) is 0 Å². The zero-order valence-corrected chi connectivity index (χ0v) is 9.73. The molecule has 84 valence electrons. The van der Waals surface area contributed by atoms with E-state index in [4.69, 9.17) is 12.6 Å². The molecule has 1 aromatic carbocycles. The van der Waals surface area contributed by atoms with Crippen molar-refractivity contribution in [3.8, 4) is 5.88 Å². The molecule has 2 nitrogen and oxygen atoms in total. The second kappa shape index (κ2) is 4.40. The molecule has 0 spiro atoms. The third-order valence-corrected chi connectivity index (χ3v) is 3.31. The highest BCUT2D eigenvalue weighted by atomic mass is 16.5. The Morgan fingerprint density at radius 3 is 2.76 bits per heavy atom. The fourth-order valence-corrected chi connectivity index (χ4v) is 2.44. The molecule has 0 N–H and O–H groups in total. The molecule has 3 heteroatoms. The first kappa shape index (κ1) is 10.6. The molecule has 17 heavy (non-hydrogen) atoms. The van der Waals surface area contributed by atoms with Gasteiger partial charge in [0, 0.05) is 5.39 Å². The van der Waals surface area contributed by atoms with Crippen LogP contribution in [-0.4, -0.2) is 18.9 Å². The van der Waals surface area contributed by atoms with Crippen molar-refractivity contribution in [1.29, 1.82) is 0 Å². The Bertz CT molecular complexity index is 535. The van der Waals surface area contributed by atoms with Crippen LogP contribution >= 0.6 is 0 Å².